The van der Waals surface area contributed by atoms with E-state index in [9.17, 15) is 0 Å². The molecule has 0 heterocycles. The molecule has 108 valence electrons. The second-order valence-corrected chi connectivity index (χ2v) is 5.05. The van der Waals surface area contributed by atoms with Gasteiger partial charge in [0.1, 0.15) is 0 Å². The molecule has 0 aliphatic carbocycles. The van der Waals surface area contributed by atoms with Crippen LogP contribution >= 0.6 is 0 Å². The molecule has 0 saturated heterocycles. The van der Waals surface area contributed by atoms with Crippen LogP contribution in [0.5, 0.6) is 0 Å². The summed E-state index contributed by atoms with van der Waals surface area (Å²) in [4.78, 5) is 0. The van der Waals surface area contributed by atoms with Crippen molar-refractivity contribution in [3.63, 3.8) is 0 Å². The van der Waals surface area contributed by atoms with Crippen molar-refractivity contribution in [3.8, 4) is 12.3 Å². The van der Waals surface area contributed by atoms with E-state index in [4.69, 9.17) is 12.2 Å². The molecular weight excluding hydrogens is 256 g/mol. The summed E-state index contributed by atoms with van der Waals surface area (Å²) in [5.74, 6) is 2.89. The Morgan fingerprint density at radius 1 is 0.952 bits per heavy atom. The molecule has 0 radical (unpaired) electrons. The van der Waals surface area contributed by atoms with Crippen molar-refractivity contribution in [3.05, 3.63) is 71.8 Å². The van der Waals surface area contributed by atoms with Crippen LogP contribution in [0.1, 0.15) is 23.5 Å². The number of hydrogen-bond donors (Lipinski definition) is 2. The largest absolute Gasteiger partial charge is 0.329 e. The fourth-order valence-electron chi connectivity index (χ4n) is 2.64. The molecule has 0 aliphatic rings. The molecule has 2 aromatic rings. The fourth-order valence-corrected chi connectivity index (χ4v) is 2.64. The van der Waals surface area contributed by atoms with Gasteiger partial charge in [-0.1, -0.05) is 60.7 Å². The molecule has 0 spiro atoms. The molecule has 0 amide bonds. The number of nitrogens with two attached hydrogens (primary N) is 1. The zero-order valence-corrected chi connectivity index (χ0v) is 12.2. The Kier molecular flexibility index (Phi) is 6.02. The first-order chi connectivity index (χ1) is 10.4. The summed E-state index contributed by atoms with van der Waals surface area (Å²) in [5.41, 5.74) is 8.56. The third-order valence-electron chi connectivity index (χ3n) is 3.65. The minimum absolute atomic E-state index is 0.170. The van der Waals surface area contributed by atoms with Gasteiger partial charge < -0.3 is 11.1 Å². The maximum atomic E-state index is 6.02. The lowest BCUT2D eigenvalue weighted by Crippen LogP contribution is -2.42. The lowest BCUT2D eigenvalue weighted by Gasteiger charge is -2.28. The van der Waals surface area contributed by atoms with Gasteiger partial charge in [0.25, 0.3) is 0 Å². The molecule has 0 fully saturated rings. The first kappa shape index (κ1) is 15.3. The first-order valence-electron chi connectivity index (χ1n) is 7.33. The number of benzene rings is 2. The molecule has 0 saturated carbocycles. The van der Waals surface area contributed by atoms with Gasteiger partial charge >= 0.3 is 0 Å². The van der Waals surface area contributed by atoms with Crippen LogP contribution in [0.2, 0.25) is 0 Å². The Balaban J connectivity index is 2.29. The molecule has 21 heavy (non-hydrogen) atoms. The first-order valence-corrected chi connectivity index (χ1v) is 7.33. The third-order valence-corrected chi connectivity index (χ3v) is 3.65. The highest BCUT2D eigenvalue weighted by Crippen LogP contribution is 2.27. The molecular formula is C19H22N2. The summed E-state index contributed by atoms with van der Waals surface area (Å²) in [6.45, 7) is 1.35. The van der Waals surface area contributed by atoms with Gasteiger partial charge in [0.05, 0.1) is 0 Å². The van der Waals surface area contributed by atoms with Gasteiger partial charge in [0, 0.05) is 31.5 Å². The predicted octanol–water partition coefficient (Wildman–Crippen LogP) is 2.76. The Morgan fingerprint density at radius 3 is 1.90 bits per heavy atom. The molecule has 0 aromatic heterocycles. The number of nitrogens with one attached hydrogen (secondary N) is 1. The fraction of sp³-hybridized carbons (Fsp3) is 0.263. The molecule has 1 unspecified atom stereocenters. The van der Waals surface area contributed by atoms with Crippen LogP contribution in [0, 0.1) is 12.3 Å². The summed E-state index contributed by atoms with van der Waals surface area (Å²) in [6.07, 6.45) is 6.05. The van der Waals surface area contributed by atoms with Crippen LogP contribution in [-0.2, 0) is 0 Å². The van der Waals surface area contributed by atoms with Gasteiger partial charge in [-0.15, -0.1) is 12.3 Å². The van der Waals surface area contributed by atoms with E-state index in [-0.39, 0.29) is 12.0 Å². The topological polar surface area (TPSA) is 38.0 Å². The highest BCUT2D eigenvalue weighted by atomic mass is 14.9. The van der Waals surface area contributed by atoms with E-state index in [1.807, 2.05) is 12.1 Å². The van der Waals surface area contributed by atoms with E-state index >= 15 is 0 Å². The molecule has 2 nitrogen and oxygen atoms in total. The summed E-state index contributed by atoms with van der Waals surface area (Å²) in [5, 5.41) is 3.50. The standard InChI is InChI=1S/C19H22N2/c1-2-3-14-21-18(15-20)19(16-10-6-4-7-11-16)17-12-8-5-9-13-17/h1,4-13,18-19,21H,3,14-15,20H2. The van der Waals surface area contributed by atoms with Crippen LogP contribution in [-0.4, -0.2) is 19.1 Å². The Labute approximate surface area is 127 Å². The third kappa shape index (κ3) is 4.19. The van der Waals surface area contributed by atoms with Gasteiger partial charge in [0.2, 0.25) is 0 Å². The average molecular weight is 278 g/mol. The van der Waals surface area contributed by atoms with Crippen molar-refractivity contribution in [2.24, 2.45) is 5.73 Å². The zero-order valence-electron chi connectivity index (χ0n) is 12.2. The van der Waals surface area contributed by atoms with Crippen molar-refractivity contribution in [1.82, 2.24) is 5.32 Å². The molecule has 2 aromatic carbocycles. The molecule has 3 N–H and O–H groups in total. The van der Waals surface area contributed by atoms with Gasteiger partial charge in [0.15, 0.2) is 0 Å². The summed E-state index contributed by atoms with van der Waals surface area (Å²) < 4.78 is 0. The molecule has 1 atom stereocenters. The Bertz CT molecular complexity index is 518. The van der Waals surface area contributed by atoms with Crippen molar-refractivity contribution >= 4 is 0 Å². The van der Waals surface area contributed by atoms with Crippen LogP contribution < -0.4 is 11.1 Å². The summed E-state index contributed by atoms with van der Waals surface area (Å²) in [7, 11) is 0. The van der Waals surface area contributed by atoms with E-state index < -0.39 is 0 Å². The second-order valence-electron chi connectivity index (χ2n) is 5.05. The highest BCUT2D eigenvalue weighted by Gasteiger charge is 2.23. The quantitative estimate of drug-likeness (QED) is 0.604. The van der Waals surface area contributed by atoms with Crippen LogP contribution in [0.4, 0.5) is 0 Å². The summed E-state index contributed by atoms with van der Waals surface area (Å²) >= 11 is 0. The minimum atomic E-state index is 0.170. The normalized spacial score (nSPS) is 12.0. The average Bonchev–Trinajstić information content (AvgIpc) is 2.56. The van der Waals surface area contributed by atoms with Crippen molar-refractivity contribution < 1.29 is 0 Å². The van der Waals surface area contributed by atoms with Crippen molar-refractivity contribution in [2.75, 3.05) is 13.1 Å². The number of rotatable bonds is 7. The predicted molar refractivity (Wildman–Crippen MR) is 89.0 cm³/mol. The van der Waals surface area contributed by atoms with Crippen molar-refractivity contribution in [1.29, 1.82) is 0 Å². The van der Waals surface area contributed by atoms with E-state index in [0.29, 0.717) is 13.0 Å². The van der Waals surface area contributed by atoms with Gasteiger partial charge in [-0.05, 0) is 11.1 Å². The molecule has 2 heteroatoms. The van der Waals surface area contributed by atoms with Crippen LogP contribution in [0.3, 0.4) is 0 Å². The lowest BCUT2D eigenvalue weighted by molar-refractivity contribution is 0.479. The molecule has 0 aliphatic heterocycles. The SMILES string of the molecule is C#CCCNC(CN)C(c1ccccc1)c1ccccc1. The van der Waals surface area contributed by atoms with E-state index in [1.54, 1.807) is 0 Å². The smallest absolute Gasteiger partial charge is 0.0299 e. The highest BCUT2D eigenvalue weighted by molar-refractivity contribution is 5.34. The lowest BCUT2D eigenvalue weighted by atomic mass is 9.85. The van der Waals surface area contributed by atoms with Crippen LogP contribution in [0.15, 0.2) is 60.7 Å². The monoisotopic (exact) mass is 278 g/mol. The van der Waals surface area contributed by atoms with E-state index in [0.717, 1.165) is 6.54 Å². The molecule has 0 bridgehead atoms. The van der Waals surface area contributed by atoms with Gasteiger partial charge in [-0.3, -0.25) is 0 Å². The van der Waals surface area contributed by atoms with Crippen molar-refractivity contribution in [2.45, 2.75) is 18.4 Å². The second kappa shape index (κ2) is 8.26. The van der Waals surface area contributed by atoms with Gasteiger partial charge in [-0.2, -0.15) is 0 Å². The maximum Gasteiger partial charge on any atom is 0.0299 e. The Morgan fingerprint density at radius 2 is 1.48 bits per heavy atom. The maximum absolute atomic E-state index is 6.02. The summed E-state index contributed by atoms with van der Waals surface area (Å²) in [6, 6.07) is 21.1. The molecule has 2 rings (SSSR count). The van der Waals surface area contributed by atoms with Gasteiger partial charge in [-0.25, -0.2) is 0 Å². The minimum Gasteiger partial charge on any atom is -0.329 e. The van der Waals surface area contributed by atoms with E-state index in [2.05, 4.69) is 59.8 Å². The zero-order chi connectivity index (χ0) is 14.9. The van der Waals surface area contributed by atoms with E-state index in [1.165, 1.54) is 11.1 Å². The number of hydrogen-bond acceptors (Lipinski definition) is 2. The van der Waals surface area contributed by atoms with Crippen LogP contribution in [0.25, 0.3) is 0 Å². The number of terminal acetylenes is 1. The Hall–Kier alpha value is -2.08.